The summed E-state index contributed by atoms with van der Waals surface area (Å²) < 4.78 is 5.37. The van der Waals surface area contributed by atoms with Gasteiger partial charge in [0.1, 0.15) is 5.02 Å². The Morgan fingerprint density at radius 2 is 1.82 bits per heavy atom. The third-order valence-electron chi connectivity index (χ3n) is 6.17. The third kappa shape index (κ3) is 6.43. The lowest BCUT2D eigenvalue weighted by Crippen LogP contribution is -2.50. The number of nitrogens with one attached hydrogen (secondary N) is 1. The van der Waals surface area contributed by atoms with Gasteiger partial charge in [0.25, 0.3) is 0 Å². The van der Waals surface area contributed by atoms with Gasteiger partial charge in [-0.1, -0.05) is 40.9 Å². The molecule has 0 aliphatic carbocycles. The number of carbonyl (C=O) groups excluding carboxylic acids is 1. The number of nitrogens with zero attached hydrogens (tertiary/aromatic N) is 5. The van der Waals surface area contributed by atoms with Gasteiger partial charge in [0.15, 0.2) is 5.82 Å². The second-order valence-electron chi connectivity index (χ2n) is 8.47. The maximum atomic E-state index is 12.7. The molecule has 1 atom stereocenters. The van der Waals surface area contributed by atoms with Crippen LogP contribution in [-0.2, 0) is 9.53 Å². The minimum atomic E-state index is -0.133. The fourth-order valence-electron chi connectivity index (χ4n) is 4.14. The van der Waals surface area contributed by atoms with E-state index in [2.05, 4.69) is 25.1 Å². The summed E-state index contributed by atoms with van der Waals surface area (Å²) in [6.45, 7) is 8.68. The van der Waals surface area contributed by atoms with E-state index in [0.717, 1.165) is 38.4 Å². The second kappa shape index (κ2) is 11.7. The van der Waals surface area contributed by atoms with E-state index in [1.165, 1.54) is 0 Å². The quantitative estimate of drug-likeness (QED) is 0.584. The van der Waals surface area contributed by atoms with Gasteiger partial charge in [-0.2, -0.15) is 4.98 Å². The molecule has 8 nitrogen and oxygen atoms in total. The van der Waals surface area contributed by atoms with Crippen molar-refractivity contribution in [1.82, 2.24) is 19.8 Å². The van der Waals surface area contributed by atoms with Crippen LogP contribution in [0.1, 0.15) is 24.9 Å². The topological polar surface area (TPSA) is 73.8 Å². The molecule has 0 saturated carbocycles. The molecule has 11 heteroatoms. The predicted molar refractivity (Wildman–Crippen MR) is 136 cm³/mol. The highest BCUT2D eigenvalue weighted by Gasteiger charge is 2.24. The fourth-order valence-corrected chi connectivity index (χ4v) is 4.86. The molecule has 0 bridgehead atoms. The number of carbonyl (C=O) groups is 1. The van der Waals surface area contributed by atoms with Crippen LogP contribution < -0.4 is 10.2 Å². The van der Waals surface area contributed by atoms with Crippen molar-refractivity contribution in [3.05, 3.63) is 45.0 Å². The Bertz CT molecular complexity index is 997. The van der Waals surface area contributed by atoms with E-state index in [0.29, 0.717) is 59.4 Å². The normalized spacial score (nSPS) is 18.1. The lowest BCUT2D eigenvalue weighted by Gasteiger charge is -2.35. The molecule has 34 heavy (non-hydrogen) atoms. The molecular weight excluding hydrogens is 499 g/mol. The number of benzene rings is 1. The molecule has 184 valence electrons. The van der Waals surface area contributed by atoms with E-state index in [9.17, 15) is 4.79 Å². The molecule has 1 N–H and O–H groups in total. The van der Waals surface area contributed by atoms with Crippen molar-refractivity contribution >= 4 is 52.5 Å². The van der Waals surface area contributed by atoms with Crippen LogP contribution in [0.5, 0.6) is 0 Å². The summed E-state index contributed by atoms with van der Waals surface area (Å²) in [5, 5.41) is 4.92. The van der Waals surface area contributed by atoms with Gasteiger partial charge in [-0.25, -0.2) is 4.98 Å². The largest absolute Gasteiger partial charge is 0.379 e. The molecule has 0 spiro atoms. The van der Waals surface area contributed by atoms with Crippen LogP contribution in [0.4, 0.5) is 11.8 Å². The van der Waals surface area contributed by atoms with Gasteiger partial charge in [0.05, 0.1) is 25.5 Å². The third-order valence-corrected chi connectivity index (χ3v) is 7.01. The lowest BCUT2D eigenvalue weighted by atomic mass is 10.1. The molecule has 3 heterocycles. The molecule has 4 rings (SSSR count). The zero-order valence-electron chi connectivity index (χ0n) is 19.1. The summed E-state index contributed by atoms with van der Waals surface area (Å²) in [6, 6.07) is 5.26. The smallest absolute Gasteiger partial charge is 0.227 e. The highest BCUT2D eigenvalue weighted by molar-refractivity contribution is 6.35. The van der Waals surface area contributed by atoms with Crippen LogP contribution in [0, 0.1) is 0 Å². The average Bonchev–Trinajstić information content (AvgIpc) is 2.84. The van der Waals surface area contributed by atoms with Gasteiger partial charge in [0, 0.05) is 62.3 Å². The van der Waals surface area contributed by atoms with Gasteiger partial charge < -0.3 is 19.9 Å². The minimum Gasteiger partial charge on any atom is -0.379 e. The molecule has 0 unspecified atom stereocenters. The number of hydrogen-bond donors (Lipinski definition) is 1. The molecule has 1 amide bonds. The van der Waals surface area contributed by atoms with Gasteiger partial charge in [-0.15, -0.1) is 0 Å². The van der Waals surface area contributed by atoms with Crippen molar-refractivity contribution in [3.8, 4) is 0 Å². The molecule has 2 aromatic rings. The van der Waals surface area contributed by atoms with Crippen molar-refractivity contribution < 1.29 is 9.53 Å². The Balaban J connectivity index is 1.32. The van der Waals surface area contributed by atoms with Crippen LogP contribution >= 0.6 is 34.8 Å². The van der Waals surface area contributed by atoms with Gasteiger partial charge in [-0.3, -0.25) is 9.69 Å². The molecule has 0 radical (unpaired) electrons. The van der Waals surface area contributed by atoms with Crippen molar-refractivity contribution in [1.29, 1.82) is 0 Å². The number of amides is 1. The molecule has 2 saturated heterocycles. The monoisotopic (exact) mass is 526 g/mol. The summed E-state index contributed by atoms with van der Waals surface area (Å²) in [5.41, 5.74) is 0.895. The van der Waals surface area contributed by atoms with Crippen LogP contribution in [0.2, 0.25) is 15.1 Å². The SMILES string of the molecule is C[C@@H](Nc1nc(N2CCN(C(=O)CCN3CCOCC3)CC2)ncc1Cl)c1ccc(Cl)cc1Cl. The first-order valence-corrected chi connectivity index (χ1v) is 12.6. The number of aromatic nitrogens is 2. The summed E-state index contributed by atoms with van der Waals surface area (Å²) in [6.07, 6.45) is 2.14. The molecule has 1 aromatic heterocycles. The Labute approximate surface area is 215 Å². The summed E-state index contributed by atoms with van der Waals surface area (Å²) in [7, 11) is 0. The van der Waals surface area contributed by atoms with Crippen LogP contribution in [0.3, 0.4) is 0 Å². The van der Waals surface area contributed by atoms with E-state index in [1.807, 2.05) is 17.9 Å². The molecule has 2 aliphatic rings. The average molecular weight is 528 g/mol. The Kier molecular flexibility index (Phi) is 8.71. The maximum Gasteiger partial charge on any atom is 0.227 e. The van der Waals surface area contributed by atoms with E-state index in [4.69, 9.17) is 39.5 Å². The highest BCUT2D eigenvalue weighted by atomic mass is 35.5. The van der Waals surface area contributed by atoms with E-state index >= 15 is 0 Å². The number of piperazine rings is 1. The Hall–Kier alpha value is -1.84. The van der Waals surface area contributed by atoms with E-state index < -0.39 is 0 Å². The second-order valence-corrected chi connectivity index (χ2v) is 9.72. The zero-order chi connectivity index (χ0) is 24.1. The van der Waals surface area contributed by atoms with E-state index in [1.54, 1.807) is 18.3 Å². The van der Waals surface area contributed by atoms with Crippen molar-refractivity contribution in [3.63, 3.8) is 0 Å². The van der Waals surface area contributed by atoms with Crippen LogP contribution in [-0.4, -0.2) is 84.7 Å². The maximum absolute atomic E-state index is 12.7. The highest BCUT2D eigenvalue weighted by Crippen LogP contribution is 2.30. The first kappa shape index (κ1) is 25.3. The predicted octanol–water partition coefficient (Wildman–Crippen LogP) is 3.98. The Morgan fingerprint density at radius 3 is 2.53 bits per heavy atom. The first-order valence-electron chi connectivity index (χ1n) is 11.5. The van der Waals surface area contributed by atoms with Crippen LogP contribution in [0.25, 0.3) is 0 Å². The number of anilines is 2. The van der Waals surface area contributed by atoms with Gasteiger partial charge in [-0.05, 0) is 24.6 Å². The number of ether oxygens (including phenoxy) is 1. The number of halogens is 3. The van der Waals surface area contributed by atoms with Gasteiger partial charge in [0.2, 0.25) is 11.9 Å². The van der Waals surface area contributed by atoms with Gasteiger partial charge >= 0.3 is 0 Å². The minimum absolute atomic E-state index is 0.133. The Morgan fingerprint density at radius 1 is 1.09 bits per heavy atom. The van der Waals surface area contributed by atoms with Crippen molar-refractivity contribution in [2.75, 3.05) is 69.2 Å². The zero-order valence-corrected chi connectivity index (χ0v) is 21.4. The first-order chi connectivity index (χ1) is 16.4. The number of morpholine rings is 1. The summed E-state index contributed by atoms with van der Waals surface area (Å²) in [4.78, 5) is 28.0. The standard InChI is InChI=1S/C23H29Cl3N6O2/c1-16(18-3-2-17(24)14-19(18)25)28-22-20(26)15-27-23(29-22)32-8-6-31(7-9-32)21(33)4-5-30-10-12-34-13-11-30/h2-3,14-16H,4-13H2,1H3,(H,27,28,29)/t16-/m1/s1. The number of hydrogen-bond acceptors (Lipinski definition) is 7. The fraction of sp³-hybridized carbons (Fsp3) is 0.522. The summed E-state index contributed by atoms with van der Waals surface area (Å²) in [5.74, 6) is 1.31. The van der Waals surface area contributed by atoms with Crippen molar-refractivity contribution in [2.24, 2.45) is 0 Å². The molecule has 2 aliphatic heterocycles. The van der Waals surface area contributed by atoms with E-state index in [-0.39, 0.29) is 11.9 Å². The molecule has 2 fully saturated rings. The molecule has 1 aromatic carbocycles. The van der Waals surface area contributed by atoms with Crippen LogP contribution in [0.15, 0.2) is 24.4 Å². The lowest BCUT2D eigenvalue weighted by molar-refractivity contribution is -0.132. The van der Waals surface area contributed by atoms with Crippen molar-refractivity contribution in [2.45, 2.75) is 19.4 Å². The number of rotatable bonds is 7. The summed E-state index contributed by atoms with van der Waals surface area (Å²) >= 11 is 18.7. The molecular formula is C23H29Cl3N6O2.